The Morgan fingerprint density at radius 3 is 2.69 bits per heavy atom. The lowest BCUT2D eigenvalue weighted by Crippen LogP contribution is -1.88. The first kappa shape index (κ1) is 13.0. The van der Waals surface area contributed by atoms with Gasteiger partial charge in [0.1, 0.15) is 5.78 Å². The van der Waals surface area contributed by atoms with E-state index in [4.69, 9.17) is 0 Å². The molecule has 0 aliphatic rings. The van der Waals surface area contributed by atoms with E-state index >= 15 is 0 Å². The summed E-state index contributed by atoms with van der Waals surface area (Å²) in [5, 5.41) is 2.13. The number of allylic oxidation sites excluding steroid dienone is 1. The maximum Gasteiger partial charge on any atom is 0.129 e. The first-order valence-corrected chi connectivity index (χ1v) is 6.53. The molecule has 16 heavy (non-hydrogen) atoms. The van der Waals surface area contributed by atoms with Crippen molar-refractivity contribution >= 4 is 17.5 Å². The van der Waals surface area contributed by atoms with Crippen LogP contribution < -0.4 is 0 Å². The van der Waals surface area contributed by atoms with Crippen LogP contribution >= 0.6 is 11.8 Å². The Bertz CT molecular complexity index is 330. The zero-order chi connectivity index (χ0) is 11.6. The molecule has 2 heteroatoms. The molecule has 1 rings (SSSR count). The van der Waals surface area contributed by atoms with Crippen molar-refractivity contribution in [1.82, 2.24) is 0 Å². The highest BCUT2D eigenvalue weighted by molar-refractivity contribution is 8.02. The second-order valence-electron chi connectivity index (χ2n) is 3.75. The van der Waals surface area contributed by atoms with Crippen molar-refractivity contribution in [3.63, 3.8) is 0 Å². The van der Waals surface area contributed by atoms with Gasteiger partial charge in [-0.3, -0.25) is 0 Å². The second-order valence-corrected chi connectivity index (χ2v) is 4.73. The van der Waals surface area contributed by atoms with Crippen LogP contribution in [0.2, 0.25) is 0 Å². The van der Waals surface area contributed by atoms with Crippen molar-refractivity contribution < 1.29 is 4.79 Å². The number of rotatable bonds is 7. The van der Waals surface area contributed by atoms with Crippen LogP contribution in [0.3, 0.4) is 0 Å². The minimum atomic E-state index is 0.294. The van der Waals surface area contributed by atoms with Crippen molar-refractivity contribution in [3.8, 4) is 0 Å². The summed E-state index contributed by atoms with van der Waals surface area (Å²) in [5.74, 6) is 0.294. The van der Waals surface area contributed by atoms with Gasteiger partial charge in [-0.25, -0.2) is 0 Å². The Hall–Kier alpha value is -1.02. The van der Waals surface area contributed by atoms with Crippen LogP contribution in [-0.2, 0) is 4.79 Å². The summed E-state index contributed by atoms with van der Waals surface area (Å²) in [6.07, 6.45) is 6.08. The minimum Gasteiger partial charge on any atom is -0.300 e. The van der Waals surface area contributed by atoms with Crippen LogP contribution in [-0.4, -0.2) is 5.78 Å². The predicted molar refractivity (Wildman–Crippen MR) is 70.6 cm³/mol. The summed E-state index contributed by atoms with van der Waals surface area (Å²) in [7, 11) is 0. The van der Waals surface area contributed by atoms with Gasteiger partial charge >= 0.3 is 0 Å². The Morgan fingerprint density at radius 2 is 2.00 bits per heavy atom. The molecule has 0 N–H and O–H groups in total. The lowest BCUT2D eigenvalue weighted by atomic mass is 10.1. The smallest absolute Gasteiger partial charge is 0.129 e. The molecular weight excluding hydrogens is 216 g/mol. The summed E-state index contributed by atoms with van der Waals surface area (Å²) < 4.78 is 0. The van der Waals surface area contributed by atoms with Crippen molar-refractivity contribution in [3.05, 3.63) is 41.8 Å². The molecule has 0 unspecified atom stereocenters. The largest absolute Gasteiger partial charge is 0.300 e. The van der Waals surface area contributed by atoms with Gasteiger partial charge in [0.25, 0.3) is 0 Å². The zero-order valence-corrected chi connectivity index (χ0v) is 10.5. The third kappa shape index (κ3) is 6.46. The highest BCUT2D eigenvalue weighted by Gasteiger charge is 1.91. The molecule has 0 atom stereocenters. The van der Waals surface area contributed by atoms with E-state index in [1.807, 2.05) is 18.2 Å². The molecule has 0 saturated carbocycles. The zero-order valence-electron chi connectivity index (χ0n) is 9.69. The monoisotopic (exact) mass is 234 g/mol. The number of ketones is 1. The molecule has 0 amide bonds. The fourth-order valence-corrected chi connectivity index (χ4v) is 2.03. The quantitative estimate of drug-likeness (QED) is 0.512. The Morgan fingerprint density at radius 1 is 1.25 bits per heavy atom. The van der Waals surface area contributed by atoms with Crippen molar-refractivity contribution in [2.24, 2.45) is 0 Å². The number of thioether (sulfide) groups is 1. The van der Waals surface area contributed by atoms with E-state index in [1.54, 1.807) is 18.7 Å². The summed E-state index contributed by atoms with van der Waals surface area (Å²) in [6, 6.07) is 10.3. The van der Waals surface area contributed by atoms with Gasteiger partial charge < -0.3 is 4.79 Å². The van der Waals surface area contributed by atoms with Crippen molar-refractivity contribution in [1.29, 1.82) is 0 Å². The molecule has 0 aliphatic carbocycles. The van der Waals surface area contributed by atoms with Crippen molar-refractivity contribution in [2.45, 2.75) is 37.5 Å². The molecule has 1 aromatic rings. The fraction of sp³-hybridized carbons (Fsp3) is 0.357. The number of hydrogen-bond acceptors (Lipinski definition) is 2. The van der Waals surface area contributed by atoms with Gasteiger partial charge in [0, 0.05) is 11.3 Å². The van der Waals surface area contributed by atoms with Gasteiger partial charge in [0.15, 0.2) is 0 Å². The van der Waals surface area contributed by atoms with Crippen LogP contribution in [0, 0.1) is 0 Å². The van der Waals surface area contributed by atoms with E-state index in [2.05, 4.69) is 23.6 Å². The van der Waals surface area contributed by atoms with Crippen LogP contribution in [0.4, 0.5) is 0 Å². The number of unbranched alkanes of at least 4 members (excludes halogenated alkanes) is 2. The van der Waals surface area contributed by atoms with Gasteiger partial charge in [0.05, 0.1) is 0 Å². The number of carbonyl (C=O) groups is 1. The normalized spacial score (nSPS) is 10.8. The number of carbonyl (C=O) groups excluding carboxylic acids is 1. The molecule has 1 aromatic carbocycles. The van der Waals surface area contributed by atoms with Crippen LogP contribution in [0.1, 0.15) is 32.6 Å². The second kappa shape index (κ2) is 8.17. The van der Waals surface area contributed by atoms with E-state index in [9.17, 15) is 4.79 Å². The first-order valence-electron chi connectivity index (χ1n) is 5.65. The lowest BCUT2D eigenvalue weighted by Gasteiger charge is -1.95. The Balaban J connectivity index is 2.07. The third-order valence-corrected chi connectivity index (χ3v) is 3.07. The van der Waals surface area contributed by atoms with E-state index in [0.717, 1.165) is 25.7 Å². The Kier molecular flexibility index (Phi) is 6.66. The maximum absolute atomic E-state index is 10.7. The third-order valence-electron chi connectivity index (χ3n) is 2.19. The van der Waals surface area contributed by atoms with Gasteiger partial charge in [-0.05, 0) is 43.7 Å². The van der Waals surface area contributed by atoms with E-state index in [-0.39, 0.29) is 0 Å². The molecule has 0 aromatic heterocycles. The molecule has 0 bridgehead atoms. The predicted octanol–water partition coefficient (Wildman–Crippen LogP) is 4.44. The van der Waals surface area contributed by atoms with Gasteiger partial charge in [0.2, 0.25) is 0 Å². The van der Waals surface area contributed by atoms with Crippen LogP contribution in [0.25, 0.3) is 0 Å². The first-order chi connectivity index (χ1) is 7.79. The molecule has 0 heterocycles. The minimum absolute atomic E-state index is 0.294. The SMILES string of the molecule is CC(=O)CCCC/C=C/Sc1ccccc1. The number of Topliss-reactive ketones (excluding diaryl/α,β-unsaturated/α-hetero) is 1. The average Bonchev–Trinajstić information content (AvgIpc) is 2.29. The molecule has 86 valence electrons. The average molecular weight is 234 g/mol. The standard InChI is InChI=1S/C14H18OS/c1-13(15)9-5-2-3-8-12-16-14-10-6-4-7-11-14/h4,6-8,10-12H,2-3,5,9H2,1H3/b12-8+. The van der Waals surface area contributed by atoms with Gasteiger partial charge in [-0.15, -0.1) is 0 Å². The fourth-order valence-electron chi connectivity index (χ4n) is 1.33. The molecule has 0 spiro atoms. The van der Waals surface area contributed by atoms with E-state index in [0.29, 0.717) is 5.78 Å². The van der Waals surface area contributed by atoms with E-state index in [1.165, 1.54) is 4.90 Å². The number of benzene rings is 1. The number of hydrogen-bond donors (Lipinski definition) is 0. The molecule has 0 radical (unpaired) electrons. The molecular formula is C14H18OS. The van der Waals surface area contributed by atoms with Crippen LogP contribution in [0.5, 0.6) is 0 Å². The van der Waals surface area contributed by atoms with E-state index < -0.39 is 0 Å². The van der Waals surface area contributed by atoms with Gasteiger partial charge in [-0.1, -0.05) is 36.0 Å². The summed E-state index contributed by atoms with van der Waals surface area (Å²) in [4.78, 5) is 12.0. The summed E-state index contributed by atoms with van der Waals surface area (Å²) in [5.41, 5.74) is 0. The Labute approximate surface area is 102 Å². The molecule has 0 saturated heterocycles. The van der Waals surface area contributed by atoms with Crippen LogP contribution in [0.15, 0.2) is 46.7 Å². The van der Waals surface area contributed by atoms with Gasteiger partial charge in [-0.2, -0.15) is 0 Å². The molecule has 1 nitrogen and oxygen atoms in total. The topological polar surface area (TPSA) is 17.1 Å². The highest BCUT2D eigenvalue weighted by Crippen LogP contribution is 2.18. The summed E-state index contributed by atoms with van der Waals surface area (Å²) in [6.45, 7) is 1.65. The lowest BCUT2D eigenvalue weighted by molar-refractivity contribution is -0.117. The molecule has 0 fully saturated rings. The maximum atomic E-state index is 10.7. The molecule has 0 aliphatic heterocycles. The van der Waals surface area contributed by atoms with Crippen molar-refractivity contribution in [2.75, 3.05) is 0 Å². The highest BCUT2D eigenvalue weighted by atomic mass is 32.2. The summed E-state index contributed by atoms with van der Waals surface area (Å²) >= 11 is 1.74.